The van der Waals surface area contributed by atoms with Gasteiger partial charge < -0.3 is 0 Å². The van der Waals surface area contributed by atoms with Gasteiger partial charge in [-0.3, -0.25) is 4.85 Å². The highest BCUT2D eigenvalue weighted by molar-refractivity contribution is 5.22. The van der Waals surface area contributed by atoms with Crippen LogP contribution < -0.4 is 0 Å². The molecule has 0 heterocycles. The fraction of sp³-hybridized carbons (Fsp3) is 0.222. The van der Waals surface area contributed by atoms with Gasteiger partial charge >= 0.3 is 12.2 Å². The second kappa shape index (κ2) is 3.48. The van der Waals surface area contributed by atoms with E-state index < -0.39 is 12.2 Å². The summed E-state index contributed by atoms with van der Waals surface area (Å²) < 4.78 is 36.6. The zero-order valence-electron chi connectivity index (χ0n) is 6.55. The van der Waals surface area contributed by atoms with Crippen LogP contribution in [0.5, 0.6) is 0 Å². The van der Waals surface area contributed by atoms with Crippen molar-refractivity contribution in [1.29, 1.82) is 0 Å². The van der Waals surface area contributed by atoms with Crippen LogP contribution in [0.25, 0.3) is 4.85 Å². The van der Waals surface area contributed by atoms with Crippen LogP contribution in [0.1, 0.15) is 11.6 Å². The average molecular weight is 185 g/mol. The molecule has 0 N–H and O–H groups in total. The maximum Gasteiger partial charge on any atom is 0.470 e. The number of benzene rings is 1. The van der Waals surface area contributed by atoms with Gasteiger partial charge in [0.25, 0.3) is 0 Å². The number of hydrogen-bond acceptors (Lipinski definition) is 0. The van der Waals surface area contributed by atoms with Crippen LogP contribution in [-0.2, 0) is 0 Å². The Hall–Kier alpha value is -1.50. The van der Waals surface area contributed by atoms with E-state index in [1.54, 1.807) is 6.07 Å². The third-order valence-electron chi connectivity index (χ3n) is 1.55. The van der Waals surface area contributed by atoms with Crippen molar-refractivity contribution in [2.24, 2.45) is 0 Å². The normalized spacial score (nSPS) is 13.4. The maximum atomic E-state index is 12.2. The highest BCUT2D eigenvalue weighted by Crippen LogP contribution is 2.35. The molecule has 1 aromatic carbocycles. The van der Waals surface area contributed by atoms with Crippen molar-refractivity contribution in [2.45, 2.75) is 12.2 Å². The van der Waals surface area contributed by atoms with Gasteiger partial charge in [0.2, 0.25) is 0 Å². The number of hydrogen-bond donors (Lipinski definition) is 0. The zero-order valence-corrected chi connectivity index (χ0v) is 6.55. The molecule has 0 radical (unpaired) electrons. The third-order valence-corrected chi connectivity index (χ3v) is 1.55. The molecule has 0 aliphatic rings. The van der Waals surface area contributed by atoms with Gasteiger partial charge in [-0.2, -0.15) is 13.2 Å². The maximum absolute atomic E-state index is 12.2. The quantitative estimate of drug-likeness (QED) is 0.591. The fourth-order valence-corrected chi connectivity index (χ4v) is 0.972. The summed E-state index contributed by atoms with van der Waals surface area (Å²) in [5.41, 5.74) is -0.00926. The molecule has 1 atom stereocenters. The average Bonchev–Trinajstić information content (AvgIpc) is 2.05. The van der Waals surface area contributed by atoms with Crippen molar-refractivity contribution in [3.63, 3.8) is 0 Å². The summed E-state index contributed by atoms with van der Waals surface area (Å²) in [5, 5.41) is 0. The van der Waals surface area contributed by atoms with Crippen molar-refractivity contribution < 1.29 is 13.2 Å². The number of halogens is 3. The van der Waals surface area contributed by atoms with E-state index in [2.05, 4.69) is 4.85 Å². The van der Waals surface area contributed by atoms with Crippen LogP contribution in [0.3, 0.4) is 0 Å². The minimum absolute atomic E-state index is 0.00926. The molecule has 0 aliphatic heterocycles. The van der Waals surface area contributed by atoms with E-state index in [0.717, 1.165) is 0 Å². The minimum Gasteiger partial charge on any atom is -0.298 e. The molecule has 0 amide bonds. The first-order valence-electron chi connectivity index (χ1n) is 3.54. The molecule has 1 nitrogen and oxygen atoms in total. The van der Waals surface area contributed by atoms with Crippen LogP contribution in [0, 0.1) is 6.57 Å². The molecule has 0 saturated carbocycles. The smallest absolute Gasteiger partial charge is 0.298 e. The van der Waals surface area contributed by atoms with Gasteiger partial charge in [-0.1, -0.05) is 30.3 Å². The predicted octanol–water partition coefficient (Wildman–Crippen LogP) is 3.21. The summed E-state index contributed by atoms with van der Waals surface area (Å²) in [6.07, 6.45) is -4.48. The van der Waals surface area contributed by atoms with Crippen molar-refractivity contribution in [1.82, 2.24) is 0 Å². The van der Waals surface area contributed by atoms with Gasteiger partial charge in [0.05, 0.1) is 0 Å². The lowest BCUT2D eigenvalue weighted by molar-refractivity contribution is -0.140. The van der Waals surface area contributed by atoms with Crippen molar-refractivity contribution in [3.8, 4) is 0 Å². The fourth-order valence-electron chi connectivity index (χ4n) is 0.972. The Morgan fingerprint density at radius 2 is 1.69 bits per heavy atom. The largest absolute Gasteiger partial charge is 0.470 e. The monoisotopic (exact) mass is 185 g/mol. The van der Waals surface area contributed by atoms with Gasteiger partial charge in [-0.25, -0.2) is 6.57 Å². The summed E-state index contributed by atoms with van der Waals surface area (Å²) in [5.74, 6) is 0. The van der Waals surface area contributed by atoms with E-state index >= 15 is 0 Å². The van der Waals surface area contributed by atoms with Gasteiger partial charge in [0.15, 0.2) is 0 Å². The molecule has 0 aromatic heterocycles. The molecule has 0 spiro atoms. The van der Waals surface area contributed by atoms with Crippen LogP contribution in [0.15, 0.2) is 30.3 Å². The lowest BCUT2D eigenvalue weighted by Gasteiger charge is -2.08. The molecule has 13 heavy (non-hydrogen) atoms. The Morgan fingerprint density at radius 3 is 2.08 bits per heavy atom. The number of nitrogens with zero attached hydrogens (tertiary/aromatic N) is 1. The van der Waals surface area contributed by atoms with Crippen LogP contribution in [0.2, 0.25) is 0 Å². The van der Waals surface area contributed by atoms with E-state index in [-0.39, 0.29) is 5.56 Å². The lowest BCUT2D eigenvalue weighted by Crippen LogP contribution is -2.17. The number of rotatable bonds is 1. The van der Waals surface area contributed by atoms with Crippen molar-refractivity contribution in [2.75, 3.05) is 0 Å². The Kier molecular flexibility index (Phi) is 2.57. The Labute approximate surface area is 73.6 Å². The van der Waals surface area contributed by atoms with Gasteiger partial charge in [0, 0.05) is 5.56 Å². The molecule has 0 bridgehead atoms. The molecule has 0 fully saturated rings. The first kappa shape index (κ1) is 9.59. The van der Waals surface area contributed by atoms with Gasteiger partial charge in [-0.15, -0.1) is 0 Å². The molecule has 0 saturated heterocycles. The first-order chi connectivity index (χ1) is 6.05. The highest BCUT2D eigenvalue weighted by Gasteiger charge is 2.46. The minimum atomic E-state index is -4.48. The number of alkyl halides is 3. The van der Waals surface area contributed by atoms with Crippen LogP contribution >= 0.6 is 0 Å². The molecular formula is C9H6F3N. The van der Waals surface area contributed by atoms with E-state index in [9.17, 15) is 13.2 Å². The van der Waals surface area contributed by atoms with Crippen molar-refractivity contribution >= 4 is 0 Å². The second-order valence-corrected chi connectivity index (χ2v) is 2.48. The highest BCUT2D eigenvalue weighted by atomic mass is 19.4. The molecule has 1 rings (SSSR count). The topological polar surface area (TPSA) is 4.36 Å². The van der Waals surface area contributed by atoms with Gasteiger partial charge in [-0.05, 0) is 0 Å². The van der Waals surface area contributed by atoms with Gasteiger partial charge in [0.1, 0.15) is 0 Å². The van der Waals surface area contributed by atoms with E-state index in [0.29, 0.717) is 0 Å². The Balaban J connectivity index is 3.01. The third kappa shape index (κ3) is 2.22. The molecule has 0 aliphatic carbocycles. The predicted molar refractivity (Wildman–Crippen MR) is 41.8 cm³/mol. The molecule has 4 heteroatoms. The molecule has 68 valence electrons. The summed E-state index contributed by atoms with van der Waals surface area (Å²) in [4.78, 5) is 2.55. The second-order valence-electron chi connectivity index (χ2n) is 2.48. The molecule has 1 aromatic rings. The van der Waals surface area contributed by atoms with E-state index in [1.807, 2.05) is 0 Å². The summed E-state index contributed by atoms with van der Waals surface area (Å²) in [6, 6.07) is 5.15. The standard InChI is InChI=1S/C9H6F3N/c1-13-8(9(10,11)12)7-5-3-2-4-6-7/h2-6,8H. The SMILES string of the molecule is [C-]#[N+]C(c1ccccc1)C(F)(F)F. The summed E-state index contributed by atoms with van der Waals surface area (Å²) in [6.45, 7) is 6.46. The lowest BCUT2D eigenvalue weighted by atomic mass is 10.1. The van der Waals surface area contributed by atoms with Crippen molar-refractivity contribution in [3.05, 3.63) is 47.3 Å². The summed E-state index contributed by atoms with van der Waals surface area (Å²) >= 11 is 0. The first-order valence-corrected chi connectivity index (χ1v) is 3.54. The van der Waals surface area contributed by atoms with E-state index in [1.165, 1.54) is 24.3 Å². The molecule has 1 unspecified atom stereocenters. The summed E-state index contributed by atoms with van der Waals surface area (Å²) in [7, 11) is 0. The Bertz CT molecular complexity index is 310. The van der Waals surface area contributed by atoms with Crippen LogP contribution in [-0.4, -0.2) is 6.18 Å². The van der Waals surface area contributed by atoms with Crippen LogP contribution in [0.4, 0.5) is 13.2 Å². The molecular weight excluding hydrogens is 179 g/mol. The zero-order chi connectivity index (χ0) is 9.90. The van der Waals surface area contributed by atoms with E-state index in [4.69, 9.17) is 6.57 Å². The Morgan fingerprint density at radius 1 is 1.15 bits per heavy atom.